The normalized spacial score (nSPS) is 26.5. The zero-order valence-corrected chi connectivity index (χ0v) is 44.5. The van der Waals surface area contributed by atoms with E-state index < -0.39 is 47.0 Å². The van der Waals surface area contributed by atoms with E-state index in [1.165, 1.54) is 55.4 Å². The number of nitrogens with zero attached hydrogens (tertiary/aromatic N) is 2. The lowest BCUT2D eigenvalue weighted by Crippen LogP contribution is -2.51. The van der Waals surface area contributed by atoms with Gasteiger partial charge in [-0.2, -0.15) is 0 Å². The Kier molecular flexibility index (Phi) is 20.0. The second-order valence-electron chi connectivity index (χ2n) is 24.6. The Hall–Kier alpha value is -3.51. The molecule has 0 aromatic rings. The summed E-state index contributed by atoms with van der Waals surface area (Å²) in [4.78, 5) is 68.6. The molecule has 0 bridgehead atoms. The summed E-state index contributed by atoms with van der Waals surface area (Å²) in [5.74, 6) is 2.94. The van der Waals surface area contributed by atoms with Crippen molar-refractivity contribution >= 4 is 30.2 Å². The molecule has 3 fully saturated rings. The molecule has 8 atom stereocenters. The van der Waals surface area contributed by atoms with Gasteiger partial charge < -0.3 is 39.4 Å². The highest BCUT2D eigenvalue weighted by Gasteiger charge is 2.59. The zero-order chi connectivity index (χ0) is 50.0. The lowest BCUT2D eigenvalue weighted by atomic mass is 9.47. The SMILES string of the molecule is CC(C)CCC[C@@H](C)[C@H]1CC[C@H]2[C@@H]3CC=C4C[C@@H](OC(=O)C(=O)N(CCCCN(CCCNC(=O)OC(C)(C)C)C(=O)OC(C)(C)C)CCCNC(=O)OC(C)(C)C)CC[C@]4(C)[C@H]3CC[C@]12C. The van der Waals surface area contributed by atoms with Crippen LogP contribution in [0.25, 0.3) is 0 Å². The quantitative estimate of drug-likeness (QED) is 0.0424. The van der Waals surface area contributed by atoms with E-state index >= 15 is 0 Å². The first kappa shape index (κ1) is 56.1. The fourth-order valence-corrected chi connectivity index (χ4v) is 12.2. The third-order valence-corrected chi connectivity index (χ3v) is 15.3. The van der Waals surface area contributed by atoms with Crippen molar-refractivity contribution in [1.82, 2.24) is 20.4 Å². The van der Waals surface area contributed by atoms with Gasteiger partial charge in [0.1, 0.15) is 22.9 Å². The molecule has 0 radical (unpaired) electrons. The molecule has 4 aliphatic rings. The fraction of sp³-hybridized carbons (Fsp3) is 0.870. The number of alkyl carbamates (subject to hydrolysis) is 2. The van der Waals surface area contributed by atoms with Crippen LogP contribution in [-0.2, 0) is 28.5 Å². The summed E-state index contributed by atoms with van der Waals surface area (Å²) in [6.45, 7) is 30.3. The van der Waals surface area contributed by atoms with Crippen LogP contribution in [0.15, 0.2) is 11.6 Å². The molecule has 4 aliphatic carbocycles. The van der Waals surface area contributed by atoms with Crippen LogP contribution in [0.5, 0.6) is 0 Å². The molecule has 0 unspecified atom stereocenters. The molecule has 3 saturated carbocycles. The first-order valence-corrected chi connectivity index (χ1v) is 26.2. The van der Waals surface area contributed by atoms with Crippen molar-refractivity contribution < 1.29 is 42.9 Å². The average molecular weight is 943 g/mol. The van der Waals surface area contributed by atoms with E-state index in [4.69, 9.17) is 18.9 Å². The van der Waals surface area contributed by atoms with Crippen molar-refractivity contribution in [3.05, 3.63) is 11.6 Å². The maximum absolute atomic E-state index is 14.0. The Bertz CT molecular complexity index is 1690. The third-order valence-electron chi connectivity index (χ3n) is 15.3. The summed E-state index contributed by atoms with van der Waals surface area (Å²) in [6, 6.07) is 0. The van der Waals surface area contributed by atoms with Crippen LogP contribution in [0.4, 0.5) is 14.4 Å². The number of ether oxygens (including phenoxy) is 4. The standard InChI is InChI=1S/C54H94N4O9/c1-37(2)20-17-21-38(3)42-24-25-43-41-23-22-39-36-40(26-28-53(39,13)44(41)27-29-54(42,43)14)64-46(60)45(59)57(34-18-30-55-47(61)65-50(4,5)6)32-15-16-33-58(49(63)67-52(10,11)12)35-19-31-56-48(62)66-51(7,8)9/h22,37-38,40-44H,15-21,23-36H2,1-14H3,(H,55,61)(H,56,62)/t38-,40+,41+,42-,43+,44+,53+,54-/m1/s1. The van der Waals surface area contributed by atoms with Gasteiger partial charge >= 0.3 is 30.2 Å². The number of rotatable bonds is 19. The Morgan fingerprint density at radius 2 is 1.22 bits per heavy atom. The van der Waals surface area contributed by atoms with E-state index in [1.54, 1.807) is 46.4 Å². The van der Waals surface area contributed by atoms with Crippen molar-refractivity contribution in [2.75, 3.05) is 39.3 Å². The summed E-state index contributed by atoms with van der Waals surface area (Å²) < 4.78 is 22.5. The van der Waals surface area contributed by atoms with Gasteiger partial charge in [-0.3, -0.25) is 4.79 Å². The Labute approximate surface area is 405 Å². The molecule has 0 spiro atoms. The number of allylic oxidation sites excluding steroid dienone is 1. The Balaban J connectivity index is 1.36. The maximum atomic E-state index is 14.0. The summed E-state index contributed by atoms with van der Waals surface area (Å²) in [7, 11) is 0. The van der Waals surface area contributed by atoms with Crippen LogP contribution in [0.1, 0.15) is 193 Å². The number of hydrogen-bond donors (Lipinski definition) is 2. The predicted molar refractivity (Wildman–Crippen MR) is 264 cm³/mol. The summed E-state index contributed by atoms with van der Waals surface area (Å²) in [5, 5.41) is 5.49. The van der Waals surface area contributed by atoms with Gasteiger partial charge in [-0.25, -0.2) is 19.2 Å². The lowest BCUT2D eigenvalue weighted by molar-refractivity contribution is -0.165. The molecule has 4 rings (SSSR count). The van der Waals surface area contributed by atoms with E-state index in [0.29, 0.717) is 69.0 Å². The van der Waals surface area contributed by atoms with Crippen LogP contribution in [0.3, 0.4) is 0 Å². The maximum Gasteiger partial charge on any atom is 0.410 e. The van der Waals surface area contributed by atoms with Crippen LogP contribution in [-0.4, -0.2) is 102 Å². The Morgan fingerprint density at radius 1 is 0.672 bits per heavy atom. The highest BCUT2D eigenvalue weighted by atomic mass is 16.6. The second-order valence-corrected chi connectivity index (χ2v) is 24.6. The van der Waals surface area contributed by atoms with Gasteiger partial charge in [0.05, 0.1) is 0 Å². The van der Waals surface area contributed by atoms with E-state index in [0.717, 1.165) is 42.9 Å². The minimum atomic E-state index is -0.844. The number of hydrogen-bond acceptors (Lipinski definition) is 9. The molecular formula is C54H94N4O9. The van der Waals surface area contributed by atoms with Crippen molar-refractivity contribution in [3.63, 3.8) is 0 Å². The average Bonchev–Trinajstić information content (AvgIpc) is 3.56. The minimum absolute atomic E-state index is 0.0904. The lowest BCUT2D eigenvalue weighted by Gasteiger charge is -2.58. The number of amides is 4. The molecular weight excluding hydrogens is 849 g/mol. The van der Waals surface area contributed by atoms with Gasteiger partial charge in [-0.15, -0.1) is 0 Å². The largest absolute Gasteiger partial charge is 0.455 e. The van der Waals surface area contributed by atoms with Gasteiger partial charge in [0.2, 0.25) is 0 Å². The van der Waals surface area contributed by atoms with Gasteiger partial charge in [0, 0.05) is 45.7 Å². The number of esters is 1. The molecule has 384 valence electrons. The molecule has 0 heterocycles. The smallest absolute Gasteiger partial charge is 0.410 e. The van der Waals surface area contributed by atoms with Crippen LogP contribution < -0.4 is 10.6 Å². The molecule has 0 aromatic heterocycles. The zero-order valence-electron chi connectivity index (χ0n) is 44.5. The Morgan fingerprint density at radius 3 is 1.79 bits per heavy atom. The summed E-state index contributed by atoms with van der Waals surface area (Å²) in [6.07, 6.45) is 15.3. The van der Waals surface area contributed by atoms with Crippen molar-refractivity contribution in [3.8, 4) is 0 Å². The predicted octanol–water partition coefficient (Wildman–Crippen LogP) is 11.6. The number of unbranched alkanes of at least 4 members (excludes halogenated alkanes) is 1. The molecule has 0 aromatic carbocycles. The number of carbonyl (C=O) groups is 5. The molecule has 0 saturated heterocycles. The summed E-state index contributed by atoms with van der Waals surface area (Å²) >= 11 is 0. The van der Waals surface area contributed by atoms with Crippen LogP contribution in [0.2, 0.25) is 0 Å². The molecule has 0 aliphatic heterocycles. The number of carbonyl (C=O) groups excluding carboxylic acids is 5. The minimum Gasteiger partial charge on any atom is -0.455 e. The first-order valence-electron chi connectivity index (χ1n) is 26.2. The van der Waals surface area contributed by atoms with Crippen LogP contribution in [0, 0.1) is 46.3 Å². The topological polar surface area (TPSA) is 153 Å². The fourth-order valence-electron chi connectivity index (χ4n) is 12.2. The van der Waals surface area contributed by atoms with E-state index in [2.05, 4.69) is 51.3 Å². The van der Waals surface area contributed by atoms with Gasteiger partial charge in [0.25, 0.3) is 0 Å². The first-order chi connectivity index (χ1) is 31.1. The van der Waals surface area contributed by atoms with Crippen molar-refractivity contribution in [1.29, 1.82) is 0 Å². The van der Waals surface area contributed by atoms with Gasteiger partial charge in [0.15, 0.2) is 0 Å². The molecule has 4 amide bonds. The van der Waals surface area contributed by atoms with E-state index in [-0.39, 0.29) is 31.2 Å². The van der Waals surface area contributed by atoms with Crippen molar-refractivity contribution in [2.24, 2.45) is 46.3 Å². The number of nitrogens with one attached hydrogen (secondary N) is 2. The second kappa shape index (κ2) is 23.9. The number of fused-ring (bicyclic) bond motifs is 5. The van der Waals surface area contributed by atoms with E-state index in [1.807, 2.05) is 20.8 Å². The molecule has 13 heteroatoms. The highest BCUT2D eigenvalue weighted by Crippen LogP contribution is 2.67. The third kappa shape index (κ3) is 16.9. The molecule has 67 heavy (non-hydrogen) atoms. The van der Waals surface area contributed by atoms with Gasteiger partial charge in [-0.05, 0) is 179 Å². The van der Waals surface area contributed by atoms with E-state index in [9.17, 15) is 24.0 Å². The molecule has 13 nitrogen and oxygen atoms in total. The monoisotopic (exact) mass is 943 g/mol. The van der Waals surface area contributed by atoms with Crippen LogP contribution >= 0.6 is 0 Å². The van der Waals surface area contributed by atoms with Crippen molar-refractivity contribution in [2.45, 2.75) is 216 Å². The molecule has 2 N–H and O–H groups in total. The summed E-state index contributed by atoms with van der Waals surface area (Å²) in [5.41, 5.74) is -0.0442. The highest BCUT2D eigenvalue weighted by molar-refractivity contribution is 6.32. The van der Waals surface area contributed by atoms with Gasteiger partial charge in [-0.1, -0.05) is 65.5 Å².